The van der Waals surface area contributed by atoms with Crippen LogP contribution in [0.2, 0.25) is 0 Å². The van der Waals surface area contributed by atoms with Gasteiger partial charge in [0.2, 0.25) is 0 Å². The summed E-state index contributed by atoms with van der Waals surface area (Å²) in [6.07, 6.45) is 3.61. The van der Waals surface area contributed by atoms with E-state index in [-0.39, 0.29) is 28.6 Å². The lowest BCUT2D eigenvalue weighted by atomic mass is 9.77. The quantitative estimate of drug-likeness (QED) is 0.302. The molecule has 0 saturated heterocycles. The van der Waals surface area contributed by atoms with Gasteiger partial charge in [-0.2, -0.15) is 0 Å². The molecule has 1 amide bonds. The molecule has 0 saturated carbocycles. The second-order valence-electron chi connectivity index (χ2n) is 8.69. The van der Waals surface area contributed by atoms with Crippen LogP contribution in [-0.4, -0.2) is 35.2 Å². The van der Waals surface area contributed by atoms with Crippen LogP contribution in [0.1, 0.15) is 63.1 Å². The number of nitrogens with two attached hydrogens (primary N) is 1. The molecule has 5 rings (SSSR count). The number of phenolic OH excluding ortho intramolecular Hbond substituents is 2. The molecule has 8 heteroatoms. The van der Waals surface area contributed by atoms with Gasteiger partial charge in [0.15, 0.2) is 11.4 Å². The highest BCUT2D eigenvalue weighted by Gasteiger charge is 2.54. The number of aromatic hydroxyl groups is 2. The van der Waals surface area contributed by atoms with Gasteiger partial charge in [0.25, 0.3) is 5.91 Å². The van der Waals surface area contributed by atoms with Crippen LogP contribution in [0.3, 0.4) is 0 Å². The molecule has 5 N–H and O–H groups in total. The van der Waals surface area contributed by atoms with E-state index >= 15 is 0 Å². The molecular formula is C27H26N2O6. The van der Waals surface area contributed by atoms with Crippen LogP contribution in [0.5, 0.6) is 23.0 Å². The second-order valence-corrected chi connectivity index (χ2v) is 8.69. The number of carbonyl (C=O) groups is 2. The molecule has 2 heterocycles. The average molecular weight is 475 g/mol. The molecule has 0 aromatic heterocycles. The Morgan fingerprint density at radius 2 is 1.71 bits per heavy atom. The Labute approximate surface area is 202 Å². The molecule has 1 atom stereocenters. The first kappa shape index (κ1) is 22.7. The molecule has 2 aliphatic heterocycles. The van der Waals surface area contributed by atoms with E-state index in [2.05, 4.69) is 5.32 Å². The lowest BCUT2D eigenvalue weighted by Gasteiger charge is -2.37. The number of hydrogen-bond acceptors (Lipinski definition) is 7. The molecule has 180 valence electrons. The Morgan fingerprint density at radius 3 is 2.54 bits per heavy atom. The molecule has 1 unspecified atom stereocenters. The highest BCUT2D eigenvalue weighted by molar-refractivity contribution is 6.02. The van der Waals surface area contributed by atoms with Crippen molar-refractivity contribution in [3.8, 4) is 23.0 Å². The summed E-state index contributed by atoms with van der Waals surface area (Å²) < 4.78 is 12.1. The summed E-state index contributed by atoms with van der Waals surface area (Å²) in [7, 11) is 0. The smallest absolute Gasteiger partial charge is 0.340 e. The minimum atomic E-state index is -1.39. The summed E-state index contributed by atoms with van der Waals surface area (Å²) in [5.41, 5.74) is 5.99. The summed E-state index contributed by atoms with van der Waals surface area (Å²) in [5.74, 6) is -1.03. The van der Waals surface area contributed by atoms with Crippen molar-refractivity contribution in [2.75, 3.05) is 13.1 Å². The van der Waals surface area contributed by atoms with Gasteiger partial charge in [-0.1, -0.05) is 31.0 Å². The molecule has 3 aromatic rings. The largest absolute Gasteiger partial charge is 0.508 e. The number of unbranched alkanes of at least 4 members (excludes halogenated alkanes) is 3. The van der Waals surface area contributed by atoms with Crippen molar-refractivity contribution >= 4 is 11.9 Å². The number of benzene rings is 3. The van der Waals surface area contributed by atoms with Crippen molar-refractivity contribution in [3.05, 3.63) is 82.4 Å². The number of amides is 1. The molecular weight excluding hydrogens is 448 g/mol. The van der Waals surface area contributed by atoms with Crippen molar-refractivity contribution in [1.82, 2.24) is 5.32 Å². The molecule has 3 aromatic carbocycles. The monoisotopic (exact) mass is 474 g/mol. The minimum Gasteiger partial charge on any atom is -0.508 e. The van der Waals surface area contributed by atoms with Gasteiger partial charge in [-0.25, -0.2) is 4.79 Å². The molecule has 0 bridgehead atoms. The van der Waals surface area contributed by atoms with Crippen LogP contribution in [0, 0.1) is 0 Å². The van der Waals surface area contributed by atoms with Crippen molar-refractivity contribution in [2.45, 2.75) is 31.3 Å². The van der Waals surface area contributed by atoms with Gasteiger partial charge in [-0.3, -0.25) is 4.79 Å². The van der Waals surface area contributed by atoms with E-state index in [9.17, 15) is 19.8 Å². The third-order valence-electron chi connectivity index (χ3n) is 6.49. The number of esters is 1. The van der Waals surface area contributed by atoms with Crippen LogP contribution in [0.15, 0.2) is 54.6 Å². The highest BCUT2D eigenvalue weighted by atomic mass is 16.6. The molecule has 0 aliphatic carbocycles. The van der Waals surface area contributed by atoms with E-state index in [0.717, 1.165) is 25.7 Å². The molecule has 1 spiro atoms. The molecule has 35 heavy (non-hydrogen) atoms. The van der Waals surface area contributed by atoms with E-state index in [1.54, 1.807) is 36.4 Å². The second kappa shape index (κ2) is 8.96. The number of rotatable bonds is 7. The molecule has 0 fully saturated rings. The topological polar surface area (TPSA) is 131 Å². The van der Waals surface area contributed by atoms with Crippen molar-refractivity contribution in [3.63, 3.8) is 0 Å². The van der Waals surface area contributed by atoms with Crippen LogP contribution in [0.4, 0.5) is 0 Å². The fourth-order valence-corrected chi connectivity index (χ4v) is 4.85. The average Bonchev–Trinajstić information content (AvgIpc) is 3.14. The first-order valence-corrected chi connectivity index (χ1v) is 11.7. The number of nitrogens with one attached hydrogen (secondary N) is 1. The summed E-state index contributed by atoms with van der Waals surface area (Å²) in [6.45, 7) is 1.06. The number of phenols is 2. The first-order valence-electron chi connectivity index (χ1n) is 11.7. The zero-order valence-corrected chi connectivity index (χ0v) is 19.0. The van der Waals surface area contributed by atoms with E-state index in [1.165, 1.54) is 18.2 Å². The Bertz CT molecular complexity index is 1320. The zero-order chi connectivity index (χ0) is 24.6. The van der Waals surface area contributed by atoms with Crippen LogP contribution < -0.4 is 15.8 Å². The van der Waals surface area contributed by atoms with Crippen LogP contribution in [0.25, 0.3) is 0 Å². The third kappa shape index (κ3) is 3.66. The maximum atomic E-state index is 13.2. The maximum Gasteiger partial charge on any atom is 0.340 e. The van der Waals surface area contributed by atoms with Crippen LogP contribution in [-0.2, 0) is 10.3 Å². The summed E-state index contributed by atoms with van der Waals surface area (Å²) in [6, 6.07) is 14.5. The minimum absolute atomic E-state index is 0.0522. The fourth-order valence-electron chi connectivity index (χ4n) is 4.85. The highest BCUT2D eigenvalue weighted by Crippen LogP contribution is 2.58. The van der Waals surface area contributed by atoms with Gasteiger partial charge in [-0.15, -0.1) is 0 Å². The lowest BCUT2D eigenvalue weighted by molar-refractivity contribution is 0.0224. The molecule has 8 nitrogen and oxygen atoms in total. The van der Waals surface area contributed by atoms with Crippen molar-refractivity contribution in [2.24, 2.45) is 5.73 Å². The lowest BCUT2D eigenvalue weighted by Crippen LogP contribution is -2.34. The van der Waals surface area contributed by atoms with Crippen molar-refractivity contribution < 1.29 is 29.3 Å². The SMILES string of the molecule is NCCCCCCNC(=O)c1c(O)ccc2c1Oc1cc(O)ccc1C21OC(=O)c2ccccc21. The normalized spacial score (nSPS) is 17.2. The molecule has 2 aliphatic rings. The van der Waals surface area contributed by atoms with E-state index in [4.69, 9.17) is 15.2 Å². The summed E-state index contributed by atoms with van der Waals surface area (Å²) >= 11 is 0. The zero-order valence-electron chi connectivity index (χ0n) is 19.0. The molecule has 0 radical (unpaired) electrons. The Balaban J connectivity index is 1.60. The predicted molar refractivity (Wildman–Crippen MR) is 128 cm³/mol. The third-order valence-corrected chi connectivity index (χ3v) is 6.49. The Kier molecular flexibility index (Phi) is 5.82. The van der Waals surface area contributed by atoms with Gasteiger partial charge in [0, 0.05) is 29.3 Å². The predicted octanol–water partition coefficient (Wildman–Crippen LogP) is 3.91. The van der Waals surface area contributed by atoms with Gasteiger partial charge >= 0.3 is 5.97 Å². The standard InChI is InChI=1S/C27H26N2O6/c28-13-5-1-2-6-14-29-25(32)23-21(31)12-11-20-24(23)34-22-15-16(30)9-10-19(22)27(20)18-8-4-3-7-17(18)26(33)35-27/h3-4,7-12,15,30-31H,1-2,5-6,13-14,28H2,(H,29,32). The van der Waals surface area contributed by atoms with Gasteiger partial charge < -0.3 is 30.7 Å². The number of hydrogen-bond donors (Lipinski definition) is 4. The number of ether oxygens (including phenoxy) is 2. The van der Waals surface area contributed by atoms with E-state index < -0.39 is 17.5 Å². The van der Waals surface area contributed by atoms with Crippen molar-refractivity contribution in [1.29, 1.82) is 0 Å². The van der Waals surface area contributed by atoms with Gasteiger partial charge in [-0.05, 0) is 49.7 Å². The van der Waals surface area contributed by atoms with E-state index in [0.29, 0.717) is 35.3 Å². The number of fused-ring (bicyclic) bond motifs is 6. The fraction of sp³-hybridized carbons (Fsp3) is 0.259. The Hall–Kier alpha value is -4.04. The van der Waals surface area contributed by atoms with Crippen LogP contribution >= 0.6 is 0 Å². The number of carbonyl (C=O) groups excluding carboxylic acids is 2. The van der Waals surface area contributed by atoms with E-state index in [1.807, 2.05) is 0 Å². The summed E-state index contributed by atoms with van der Waals surface area (Å²) in [4.78, 5) is 26.1. The van der Waals surface area contributed by atoms with Gasteiger partial charge in [0.1, 0.15) is 22.8 Å². The summed E-state index contributed by atoms with van der Waals surface area (Å²) in [5, 5.41) is 23.6. The first-order chi connectivity index (χ1) is 17.0. The Morgan fingerprint density at radius 1 is 0.943 bits per heavy atom. The van der Waals surface area contributed by atoms with Gasteiger partial charge in [0.05, 0.1) is 5.56 Å². The maximum absolute atomic E-state index is 13.2.